The van der Waals surface area contributed by atoms with Gasteiger partial charge in [0, 0.05) is 54.6 Å². The van der Waals surface area contributed by atoms with E-state index < -0.39 is 0 Å². The summed E-state index contributed by atoms with van der Waals surface area (Å²) in [5, 5.41) is 14.6. The van der Waals surface area contributed by atoms with E-state index in [1.165, 1.54) is 11.1 Å². The number of nitrogens with one attached hydrogen (secondary N) is 1. The van der Waals surface area contributed by atoms with Crippen molar-refractivity contribution >= 4 is 28.2 Å². The lowest BCUT2D eigenvalue weighted by molar-refractivity contribution is 0.0906. The maximum atomic E-state index is 13.6. The molecule has 2 fully saturated rings. The predicted octanol–water partition coefficient (Wildman–Crippen LogP) is 4.13. The number of aromatic amines is 1. The standard InChI is InChI=1S/C29H34ClN7O2/c1-3-20-7-9-25-21(15-20)16-24(29(38)31-25)27(28-32-33-34-37(28)18-23-5-4-14-39-23)36-12-10-35(11-13-36)26-17-22(30)8-6-19(26)2/h6-9,15-17,23,27H,3-5,10-14,18H2,1-2H3,(H,31,38)/t23-,27-/m0/s1. The summed E-state index contributed by atoms with van der Waals surface area (Å²) in [6.45, 7) is 8.68. The van der Waals surface area contributed by atoms with Crippen LogP contribution in [0.1, 0.15) is 48.3 Å². The largest absolute Gasteiger partial charge is 0.376 e. The third kappa shape index (κ3) is 5.31. The van der Waals surface area contributed by atoms with Crippen LogP contribution in [0.4, 0.5) is 5.69 Å². The van der Waals surface area contributed by atoms with Crippen molar-refractivity contribution in [3.63, 3.8) is 0 Å². The highest BCUT2D eigenvalue weighted by Gasteiger charge is 2.34. The topological polar surface area (TPSA) is 92.2 Å². The van der Waals surface area contributed by atoms with E-state index in [9.17, 15) is 4.79 Å². The summed E-state index contributed by atoms with van der Waals surface area (Å²) in [5.41, 5.74) is 4.95. The Labute approximate surface area is 232 Å². The molecule has 2 aliphatic heterocycles. The van der Waals surface area contributed by atoms with Crippen molar-refractivity contribution in [2.45, 2.75) is 51.8 Å². The second-order valence-electron chi connectivity index (χ2n) is 10.5. The van der Waals surface area contributed by atoms with E-state index in [-0.39, 0.29) is 17.7 Å². The Kier molecular flexibility index (Phi) is 7.38. The highest BCUT2D eigenvalue weighted by Crippen LogP contribution is 2.31. The van der Waals surface area contributed by atoms with Gasteiger partial charge in [0.15, 0.2) is 5.82 Å². The van der Waals surface area contributed by atoms with Crippen LogP contribution in [-0.2, 0) is 17.7 Å². The van der Waals surface area contributed by atoms with Crippen molar-refractivity contribution in [1.82, 2.24) is 30.1 Å². The second-order valence-corrected chi connectivity index (χ2v) is 11.0. The summed E-state index contributed by atoms with van der Waals surface area (Å²) in [5.74, 6) is 0.675. The molecule has 39 heavy (non-hydrogen) atoms. The summed E-state index contributed by atoms with van der Waals surface area (Å²) in [6.07, 6.45) is 3.04. The van der Waals surface area contributed by atoms with Gasteiger partial charge in [-0.05, 0) is 83.5 Å². The molecule has 1 N–H and O–H groups in total. The number of hydrogen-bond donors (Lipinski definition) is 1. The quantitative estimate of drug-likeness (QED) is 0.372. The number of tetrazole rings is 1. The number of halogens is 1. The van der Waals surface area contributed by atoms with Crippen LogP contribution in [0.5, 0.6) is 0 Å². The molecule has 6 rings (SSSR count). The van der Waals surface area contributed by atoms with Crippen molar-refractivity contribution in [3.8, 4) is 0 Å². The number of ether oxygens (including phenoxy) is 1. The first-order valence-corrected chi connectivity index (χ1v) is 14.2. The number of hydrogen-bond acceptors (Lipinski definition) is 7. The zero-order valence-corrected chi connectivity index (χ0v) is 23.2. The Morgan fingerprint density at radius 2 is 1.97 bits per heavy atom. The first-order valence-electron chi connectivity index (χ1n) is 13.8. The summed E-state index contributed by atoms with van der Waals surface area (Å²) < 4.78 is 7.72. The molecular weight excluding hydrogens is 514 g/mol. The zero-order chi connectivity index (χ0) is 26.9. The normalized spacial score (nSPS) is 19.2. The minimum Gasteiger partial charge on any atom is -0.376 e. The maximum absolute atomic E-state index is 13.6. The molecule has 0 aliphatic carbocycles. The number of benzene rings is 2. The van der Waals surface area contributed by atoms with E-state index in [0.717, 1.165) is 73.7 Å². The molecule has 0 radical (unpaired) electrons. The van der Waals surface area contributed by atoms with Crippen LogP contribution in [0.25, 0.3) is 10.9 Å². The third-order valence-corrected chi connectivity index (χ3v) is 8.27. The van der Waals surface area contributed by atoms with Gasteiger partial charge in [-0.2, -0.15) is 0 Å². The number of piperazine rings is 1. The first-order chi connectivity index (χ1) is 19.0. The number of rotatable bonds is 7. The lowest BCUT2D eigenvalue weighted by Crippen LogP contribution is -2.49. The van der Waals surface area contributed by atoms with Crippen molar-refractivity contribution < 1.29 is 4.74 Å². The van der Waals surface area contributed by atoms with Gasteiger partial charge < -0.3 is 14.6 Å². The minimum absolute atomic E-state index is 0.0811. The molecule has 204 valence electrons. The average molecular weight is 548 g/mol. The van der Waals surface area contributed by atoms with Crippen molar-refractivity contribution in [3.05, 3.63) is 80.4 Å². The van der Waals surface area contributed by atoms with Crippen LogP contribution in [0, 0.1) is 6.92 Å². The fourth-order valence-electron chi connectivity index (χ4n) is 5.86. The van der Waals surface area contributed by atoms with Crippen LogP contribution in [0.2, 0.25) is 5.02 Å². The molecule has 4 aromatic rings. The smallest absolute Gasteiger partial charge is 0.253 e. The van der Waals surface area contributed by atoms with Crippen molar-refractivity contribution in [2.24, 2.45) is 0 Å². The van der Waals surface area contributed by atoms with E-state index in [4.69, 9.17) is 16.3 Å². The molecule has 0 amide bonds. The number of aryl methyl sites for hydroxylation is 2. The summed E-state index contributed by atoms with van der Waals surface area (Å²) >= 11 is 6.33. The maximum Gasteiger partial charge on any atom is 0.253 e. The number of anilines is 1. The zero-order valence-electron chi connectivity index (χ0n) is 22.4. The lowest BCUT2D eigenvalue weighted by atomic mass is 10.0. The van der Waals surface area contributed by atoms with Crippen molar-refractivity contribution in [1.29, 1.82) is 0 Å². The predicted molar refractivity (Wildman–Crippen MR) is 153 cm³/mol. The Morgan fingerprint density at radius 1 is 1.13 bits per heavy atom. The fraction of sp³-hybridized carbons (Fsp3) is 0.448. The van der Waals surface area contributed by atoms with Gasteiger partial charge in [0.2, 0.25) is 0 Å². The van der Waals surface area contributed by atoms with Crippen LogP contribution >= 0.6 is 11.6 Å². The van der Waals surface area contributed by atoms with Crippen LogP contribution in [0.3, 0.4) is 0 Å². The molecule has 2 aromatic heterocycles. The Morgan fingerprint density at radius 3 is 2.74 bits per heavy atom. The molecule has 0 spiro atoms. The van der Waals surface area contributed by atoms with Gasteiger partial charge in [-0.25, -0.2) is 4.68 Å². The van der Waals surface area contributed by atoms with Crippen LogP contribution in [0.15, 0.2) is 47.3 Å². The Bertz CT molecular complexity index is 1520. The molecule has 2 saturated heterocycles. The average Bonchev–Trinajstić information content (AvgIpc) is 3.63. The Balaban J connectivity index is 1.37. The summed E-state index contributed by atoms with van der Waals surface area (Å²) in [6, 6.07) is 13.9. The molecular formula is C29H34ClN7O2. The van der Waals surface area contributed by atoms with Gasteiger partial charge in [0.05, 0.1) is 12.6 Å². The fourth-order valence-corrected chi connectivity index (χ4v) is 6.02. The molecule has 0 saturated carbocycles. The van der Waals surface area contributed by atoms with Crippen LogP contribution in [-0.4, -0.2) is 69.0 Å². The highest BCUT2D eigenvalue weighted by atomic mass is 35.5. The molecule has 0 bridgehead atoms. The van der Waals surface area contributed by atoms with E-state index in [0.29, 0.717) is 17.9 Å². The van der Waals surface area contributed by atoms with Gasteiger partial charge in [-0.3, -0.25) is 9.69 Å². The Hall–Kier alpha value is -3.27. The molecule has 2 atom stereocenters. The molecule has 2 aromatic carbocycles. The minimum atomic E-state index is -0.387. The first kappa shape index (κ1) is 26.0. The lowest BCUT2D eigenvalue weighted by Gasteiger charge is -2.40. The van der Waals surface area contributed by atoms with Gasteiger partial charge in [0.25, 0.3) is 5.56 Å². The second kappa shape index (κ2) is 11.1. The van der Waals surface area contributed by atoms with Crippen molar-refractivity contribution in [2.75, 3.05) is 37.7 Å². The van der Waals surface area contributed by atoms with Crippen LogP contribution < -0.4 is 10.5 Å². The summed E-state index contributed by atoms with van der Waals surface area (Å²) in [4.78, 5) is 21.4. The molecule has 0 unspecified atom stereocenters. The number of pyridine rings is 1. The SMILES string of the molecule is CCc1ccc2[nH]c(=O)c([C@@H](c3nnnn3C[C@@H]3CCCO3)N3CCN(c4cc(Cl)ccc4C)CC3)cc2c1. The van der Waals surface area contributed by atoms with E-state index in [1.54, 1.807) is 0 Å². The molecule has 4 heterocycles. The number of fused-ring (bicyclic) bond motifs is 1. The van der Waals surface area contributed by atoms with E-state index in [1.807, 2.05) is 28.9 Å². The number of nitrogens with zero attached hydrogens (tertiary/aromatic N) is 6. The number of aromatic nitrogens is 5. The summed E-state index contributed by atoms with van der Waals surface area (Å²) in [7, 11) is 0. The van der Waals surface area contributed by atoms with E-state index in [2.05, 4.69) is 62.4 Å². The molecule has 2 aliphatic rings. The molecule has 10 heteroatoms. The monoisotopic (exact) mass is 547 g/mol. The third-order valence-electron chi connectivity index (χ3n) is 8.04. The number of H-pyrrole nitrogens is 1. The van der Waals surface area contributed by atoms with Gasteiger partial charge in [-0.1, -0.05) is 30.7 Å². The van der Waals surface area contributed by atoms with Gasteiger partial charge in [-0.15, -0.1) is 5.10 Å². The molecule has 9 nitrogen and oxygen atoms in total. The van der Waals surface area contributed by atoms with E-state index >= 15 is 0 Å². The highest BCUT2D eigenvalue weighted by molar-refractivity contribution is 6.30. The van der Waals surface area contributed by atoms with Gasteiger partial charge in [0.1, 0.15) is 6.04 Å². The van der Waals surface area contributed by atoms with Gasteiger partial charge >= 0.3 is 0 Å².